The summed E-state index contributed by atoms with van der Waals surface area (Å²) in [4.78, 5) is 14.6. The maximum absolute atomic E-state index is 13.0. The lowest BCUT2D eigenvalue weighted by Gasteiger charge is -1.98. The zero-order valence-corrected chi connectivity index (χ0v) is 8.66. The number of rotatable bonds is 2. The van der Waals surface area contributed by atoms with E-state index >= 15 is 0 Å². The van der Waals surface area contributed by atoms with Crippen LogP contribution in [0.2, 0.25) is 5.02 Å². The van der Waals surface area contributed by atoms with Crippen molar-refractivity contribution in [2.75, 3.05) is 0 Å². The van der Waals surface area contributed by atoms with Crippen molar-refractivity contribution in [3.05, 3.63) is 41.0 Å². The highest BCUT2D eigenvalue weighted by molar-refractivity contribution is 6.33. The number of aromatic nitrogens is 1. The highest BCUT2D eigenvalue weighted by Crippen LogP contribution is 2.27. The molecule has 82 valence electrons. The number of nitrogens with zero attached hydrogens (tertiary/aromatic N) is 1. The van der Waals surface area contributed by atoms with Gasteiger partial charge in [0.05, 0.1) is 16.8 Å². The van der Waals surface area contributed by atoms with Gasteiger partial charge in [-0.3, -0.25) is 4.79 Å². The minimum atomic E-state index is -0.744. The Labute approximate surface area is 94.8 Å². The Bertz CT molecular complexity index is 554. The van der Waals surface area contributed by atoms with Crippen LogP contribution in [-0.4, -0.2) is 10.9 Å². The Hall–Kier alpha value is -1.88. The summed E-state index contributed by atoms with van der Waals surface area (Å²) in [6, 6.07) is 3.75. The fourth-order valence-electron chi connectivity index (χ4n) is 1.17. The molecule has 2 N–H and O–H groups in total. The molecule has 4 nitrogen and oxygen atoms in total. The first-order valence-electron chi connectivity index (χ1n) is 4.29. The minimum absolute atomic E-state index is 0.0540. The lowest BCUT2D eigenvalue weighted by atomic mass is 10.2. The molecule has 0 spiro atoms. The first kappa shape index (κ1) is 10.6. The molecule has 0 unspecified atom stereocenters. The molecule has 0 aliphatic heterocycles. The van der Waals surface area contributed by atoms with Crippen molar-refractivity contribution in [2.24, 2.45) is 5.73 Å². The smallest absolute Gasteiger partial charge is 0.286 e. The molecule has 1 aromatic heterocycles. The fourth-order valence-corrected chi connectivity index (χ4v) is 1.37. The Morgan fingerprint density at radius 3 is 2.88 bits per heavy atom. The normalized spacial score (nSPS) is 10.4. The number of oxazole rings is 1. The van der Waals surface area contributed by atoms with Crippen molar-refractivity contribution in [3.8, 4) is 11.5 Å². The molecule has 0 aliphatic rings. The standard InChI is InChI=1S/C10H6ClFN2O2/c11-7-2-1-5(12)3-6(7)10-14-4-8(16-10)9(13)15/h1-4H,(H2,13,15). The largest absolute Gasteiger partial charge is 0.431 e. The van der Waals surface area contributed by atoms with E-state index < -0.39 is 11.7 Å². The van der Waals surface area contributed by atoms with Gasteiger partial charge >= 0.3 is 0 Å². The molecule has 0 saturated heterocycles. The average Bonchev–Trinajstić information content (AvgIpc) is 2.70. The van der Waals surface area contributed by atoms with Crippen LogP contribution >= 0.6 is 11.6 Å². The second-order valence-corrected chi connectivity index (χ2v) is 3.43. The molecule has 0 fully saturated rings. The summed E-state index contributed by atoms with van der Waals surface area (Å²) < 4.78 is 18.0. The summed E-state index contributed by atoms with van der Waals surface area (Å²) >= 11 is 5.84. The van der Waals surface area contributed by atoms with Crippen molar-refractivity contribution in [3.63, 3.8) is 0 Å². The number of halogens is 2. The highest BCUT2D eigenvalue weighted by atomic mass is 35.5. The van der Waals surface area contributed by atoms with Crippen molar-refractivity contribution in [1.29, 1.82) is 0 Å². The van der Waals surface area contributed by atoms with Gasteiger partial charge in [0.2, 0.25) is 11.7 Å². The number of benzene rings is 1. The van der Waals surface area contributed by atoms with Crippen LogP contribution in [0.3, 0.4) is 0 Å². The third kappa shape index (κ3) is 1.90. The van der Waals surface area contributed by atoms with Crippen LogP contribution in [0.15, 0.2) is 28.8 Å². The Balaban J connectivity index is 2.50. The Kier molecular flexibility index (Phi) is 2.62. The number of carbonyl (C=O) groups is 1. The van der Waals surface area contributed by atoms with Crippen LogP contribution in [0.1, 0.15) is 10.6 Å². The van der Waals surface area contributed by atoms with E-state index in [4.69, 9.17) is 21.8 Å². The van der Waals surface area contributed by atoms with Crippen molar-refractivity contribution >= 4 is 17.5 Å². The van der Waals surface area contributed by atoms with Crippen LogP contribution in [0.25, 0.3) is 11.5 Å². The lowest BCUT2D eigenvalue weighted by molar-refractivity contribution is 0.0974. The molecule has 1 amide bonds. The predicted octanol–water partition coefficient (Wildman–Crippen LogP) is 2.23. The molecular formula is C10H6ClFN2O2. The second-order valence-electron chi connectivity index (χ2n) is 3.02. The monoisotopic (exact) mass is 240 g/mol. The van der Waals surface area contributed by atoms with Crippen LogP contribution in [0.5, 0.6) is 0 Å². The fraction of sp³-hybridized carbons (Fsp3) is 0. The van der Waals surface area contributed by atoms with Crippen molar-refractivity contribution < 1.29 is 13.6 Å². The van der Waals surface area contributed by atoms with Gasteiger partial charge in [0.1, 0.15) is 5.82 Å². The van der Waals surface area contributed by atoms with Crippen LogP contribution < -0.4 is 5.73 Å². The molecular weight excluding hydrogens is 235 g/mol. The van der Waals surface area contributed by atoms with Gasteiger partial charge in [0.15, 0.2) is 0 Å². The highest BCUT2D eigenvalue weighted by Gasteiger charge is 2.13. The first-order valence-corrected chi connectivity index (χ1v) is 4.67. The number of nitrogens with two attached hydrogens (primary N) is 1. The van der Waals surface area contributed by atoms with E-state index in [1.807, 2.05) is 0 Å². The van der Waals surface area contributed by atoms with Gasteiger partial charge in [0.25, 0.3) is 5.91 Å². The van der Waals surface area contributed by atoms with Gasteiger partial charge in [-0.25, -0.2) is 9.37 Å². The molecule has 0 aliphatic carbocycles. The van der Waals surface area contributed by atoms with Crippen LogP contribution in [-0.2, 0) is 0 Å². The molecule has 0 saturated carbocycles. The number of primary amides is 1. The molecule has 0 atom stereocenters. The van der Waals surface area contributed by atoms with E-state index in [1.165, 1.54) is 24.4 Å². The summed E-state index contributed by atoms with van der Waals surface area (Å²) in [6.45, 7) is 0. The number of carbonyl (C=O) groups excluding carboxylic acids is 1. The Morgan fingerprint density at radius 2 is 2.25 bits per heavy atom. The first-order chi connectivity index (χ1) is 7.58. The maximum atomic E-state index is 13.0. The summed E-state index contributed by atoms with van der Waals surface area (Å²) in [6.07, 6.45) is 1.17. The molecule has 0 radical (unpaired) electrons. The van der Waals surface area contributed by atoms with Crippen LogP contribution in [0, 0.1) is 5.82 Å². The summed E-state index contributed by atoms with van der Waals surface area (Å²) in [5.41, 5.74) is 5.27. The van der Waals surface area contributed by atoms with Crippen LogP contribution in [0.4, 0.5) is 4.39 Å². The number of hydrogen-bond acceptors (Lipinski definition) is 3. The topological polar surface area (TPSA) is 69.1 Å². The predicted molar refractivity (Wildman–Crippen MR) is 55.4 cm³/mol. The third-order valence-electron chi connectivity index (χ3n) is 1.91. The number of amides is 1. The average molecular weight is 241 g/mol. The lowest BCUT2D eigenvalue weighted by Crippen LogP contribution is -2.09. The number of hydrogen-bond donors (Lipinski definition) is 1. The maximum Gasteiger partial charge on any atom is 0.286 e. The summed E-state index contributed by atoms with van der Waals surface area (Å²) in [5.74, 6) is -1.27. The van der Waals surface area contributed by atoms with E-state index in [-0.39, 0.29) is 22.2 Å². The molecule has 1 heterocycles. The van der Waals surface area contributed by atoms with Gasteiger partial charge in [-0.15, -0.1) is 0 Å². The zero-order chi connectivity index (χ0) is 11.7. The van der Waals surface area contributed by atoms with Crippen molar-refractivity contribution in [2.45, 2.75) is 0 Å². The van der Waals surface area contributed by atoms with Gasteiger partial charge in [-0.2, -0.15) is 0 Å². The SMILES string of the molecule is NC(=O)c1cnc(-c2cc(F)ccc2Cl)o1. The van der Waals surface area contributed by atoms with Crippen molar-refractivity contribution in [1.82, 2.24) is 4.98 Å². The van der Waals surface area contributed by atoms with Gasteiger partial charge in [-0.1, -0.05) is 11.6 Å². The molecule has 16 heavy (non-hydrogen) atoms. The summed E-state index contributed by atoms with van der Waals surface area (Å²) in [5, 5.41) is 0.277. The van der Waals surface area contributed by atoms with E-state index in [9.17, 15) is 9.18 Å². The molecule has 0 bridgehead atoms. The quantitative estimate of drug-likeness (QED) is 0.875. The van der Waals surface area contributed by atoms with E-state index in [0.717, 1.165) is 0 Å². The Morgan fingerprint density at radius 1 is 1.50 bits per heavy atom. The molecule has 6 heteroatoms. The van der Waals surface area contributed by atoms with E-state index in [2.05, 4.69) is 4.98 Å². The van der Waals surface area contributed by atoms with Gasteiger partial charge in [-0.05, 0) is 18.2 Å². The van der Waals surface area contributed by atoms with E-state index in [1.54, 1.807) is 0 Å². The molecule has 2 rings (SSSR count). The molecule has 2 aromatic rings. The van der Waals surface area contributed by atoms with Gasteiger partial charge < -0.3 is 10.2 Å². The third-order valence-corrected chi connectivity index (χ3v) is 2.24. The second kappa shape index (κ2) is 3.94. The molecule has 1 aromatic carbocycles. The zero-order valence-electron chi connectivity index (χ0n) is 7.91. The van der Waals surface area contributed by atoms with E-state index in [0.29, 0.717) is 0 Å². The minimum Gasteiger partial charge on any atom is -0.431 e. The van der Waals surface area contributed by atoms with Gasteiger partial charge in [0, 0.05) is 0 Å². The summed E-state index contributed by atoms with van der Waals surface area (Å²) in [7, 11) is 0.